The highest BCUT2D eigenvalue weighted by atomic mass is 16.3. The SMILES string of the molecule is CCC1(CO)CCN(C(=O)C(=O)N2CCc3cccc(C)c32)CC1. The fourth-order valence-corrected chi connectivity index (χ4v) is 3.91. The van der Waals surface area contributed by atoms with Crippen LogP contribution in [0.1, 0.15) is 37.3 Å². The van der Waals surface area contributed by atoms with E-state index in [1.807, 2.05) is 25.1 Å². The van der Waals surface area contributed by atoms with Crippen LogP contribution in [-0.2, 0) is 16.0 Å². The maximum absolute atomic E-state index is 12.7. The lowest BCUT2D eigenvalue weighted by molar-refractivity contribution is -0.146. The molecule has 24 heavy (non-hydrogen) atoms. The van der Waals surface area contributed by atoms with Crippen LogP contribution in [-0.4, -0.2) is 48.1 Å². The number of piperidine rings is 1. The fraction of sp³-hybridized carbons (Fsp3) is 0.579. The van der Waals surface area contributed by atoms with E-state index in [0.717, 1.165) is 42.5 Å². The first-order valence-electron chi connectivity index (χ1n) is 8.81. The Kier molecular flexibility index (Phi) is 4.63. The second-order valence-electron chi connectivity index (χ2n) is 7.09. The molecule has 1 fully saturated rings. The monoisotopic (exact) mass is 330 g/mol. The maximum atomic E-state index is 12.7. The molecular weight excluding hydrogens is 304 g/mol. The lowest BCUT2D eigenvalue weighted by Gasteiger charge is -2.40. The van der Waals surface area contributed by atoms with Crippen molar-refractivity contribution in [1.29, 1.82) is 0 Å². The number of fused-ring (bicyclic) bond motifs is 1. The van der Waals surface area contributed by atoms with Crippen LogP contribution in [0.4, 0.5) is 5.69 Å². The second kappa shape index (κ2) is 6.55. The molecule has 2 heterocycles. The molecule has 2 aliphatic rings. The van der Waals surface area contributed by atoms with Gasteiger partial charge >= 0.3 is 11.8 Å². The van der Waals surface area contributed by atoms with E-state index in [1.54, 1.807) is 9.80 Å². The molecule has 2 amide bonds. The van der Waals surface area contributed by atoms with Crippen molar-refractivity contribution in [3.8, 4) is 0 Å². The molecule has 5 heteroatoms. The van der Waals surface area contributed by atoms with Crippen molar-refractivity contribution in [2.75, 3.05) is 31.1 Å². The zero-order valence-electron chi connectivity index (χ0n) is 14.5. The molecule has 5 nitrogen and oxygen atoms in total. The summed E-state index contributed by atoms with van der Waals surface area (Å²) < 4.78 is 0. The van der Waals surface area contributed by atoms with Crippen molar-refractivity contribution in [2.24, 2.45) is 5.41 Å². The summed E-state index contributed by atoms with van der Waals surface area (Å²) in [6.07, 6.45) is 3.22. The standard InChI is InChI=1S/C19H26N2O3/c1-3-19(13-22)8-11-20(12-9-19)17(23)18(24)21-10-7-15-6-4-5-14(2)16(15)21/h4-6,22H,3,7-13H2,1-2H3. The minimum Gasteiger partial charge on any atom is -0.396 e. The smallest absolute Gasteiger partial charge is 0.316 e. The Bertz CT molecular complexity index is 642. The molecule has 0 aliphatic carbocycles. The normalized spacial score (nSPS) is 19.3. The van der Waals surface area contributed by atoms with Gasteiger partial charge in [0, 0.05) is 26.2 Å². The topological polar surface area (TPSA) is 60.9 Å². The summed E-state index contributed by atoms with van der Waals surface area (Å²) in [7, 11) is 0. The van der Waals surface area contributed by atoms with Crippen molar-refractivity contribution >= 4 is 17.5 Å². The second-order valence-corrected chi connectivity index (χ2v) is 7.09. The summed E-state index contributed by atoms with van der Waals surface area (Å²) in [5.74, 6) is -0.829. The average molecular weight is 330 g/mol. The maximum Gasteiger partial charge on any atom is 0.316 e. The van der Waals surface area contributed by atoms with Gasteiger partial charge < -0.3 is 14.9 Å². The van der Waals surface area contributed by atoms with E-state index in [0.29, 0.717) is 19.6 Å². The van der Waals surface area contributed by atoms with E-state index in [-0.39, 0.29) is 12.0 Å². The number of nitrogens with zero attached hydrogens (tertiary/aromatic N) is 2. The van der Waals surface area contributed by atoms with Crippen LogP contribution in [0, 0.1) is 12.3 Å². The van der Waals surface area contributed by atoms with Gasteiger partial charge in [0.25, 0.3) is 0 Å². The molecular formula is C19H26N2O3. The molecule has 0 atom stereocenters. The molecule has 130 valence electrons. The first kappa shape index (κ1) is 17.0. The number of anilines is 1. The van der Waals surface area contributed by atoms with Crippen LogP contribution in [0.5, 0.6) is 0 Å². The molecule has 1 aromatic carbocycles. The third-order valence-electron chi connectivity index (χ3n) is 5.82. The quantitative estimate of drug-likeness (QED) is 0.843. The number of carbonyl (C=O) groups is 2. The van der Waals surface area contributed by atoms with Crippen molar-refractivity contribution in [3.05, 3.63) is 29.3 Å². The van der Waals surface area contributed by atoms with E-state index < -0.39 is 11.8 Å². The Morgan fingerprint density at radius 1 is 1.17 bits per heavy atom. The highest BCUT2D eigenvalue weighted by molar-refractivity contribution is 6.40. The number of carbonyl (C=O) groups excluding carboxylic acids is 2. The number of hydrogen-bond donors (Lipinski definition) is 1. The van der Waals surface area contributed by atoms with Gasteiger partial charge in [-0.05, 0) is 49.1 Å². The number of para-hydroxylation sites is 1. The third-order valence-corrected chi connectivity index (χ3v) is 5.82. The van der Waals surface area contributed by atoms with Crippen molar-refractivity contribution in [3.63, 3.8) is 0 Å². The first-order valence-corrected chi connectivity index (χ1v) is 8.81. The number of rotatable bonds is 2. The van der Waals surface area contributed by atoms with Crippen molar-refractivity contribution < 1.29 is 14.7 Å². The van der Waals surface area contributed by atoms with Gasteiger partial charge in [-0.1, -0.05) is 25.1 Å². The van der Waals surface area contributed by atoms with Gasteiger partial charge in [-0.25, -0.2) is 0 Å². The zero-order chi connectivity index (χ0) is 17.3. The van der Waals surface area contributed by atoms with E-state index >= 15 is 0 Å². The number of amides is 2. The minimum absolute atomic E-state index is 0.0866. The molecule has 0 spiro atoms. The molecule has 0 aromatic heterocycles. The van der Waals surface area contributed by atoms with Crippen molar-refractivity contribution in [2.45, 2.75) is 39.5 Å². The Hall–Kier alpha value is -1.88. The lowest BCUT2D eigenvalue weighted by atomic mass is 9.77. The predicted octanol–water partition coefficient (Wildman–Crippen LogP) is 1.90. The number of aryl methyl sites for hydroxylation is 1. The van der Waals surface area contributed by atoms with Crippen LogP contribution in [0.3, 0.4) is 0 Å². The summed E-state index contributed by atoms with van der Waals surface area (Å²) in [5.41, 5.74) is 3.00. The van der Waals surface area contributed by atoms with Gasteiger partial charge in [0.05, 0.1) is 5.69 Å². The number of aliphatic hydroxyl groups excluding tert-OH is 1. The van der Waals surface area contributed by atoms with Gasteiger partial charge in [-0.15, -0.1) is 0 Å². The molecule has 2 aliphatic heterocycles. The Balaban J connectivity index is 1.71. The van der Waals surface area contributed by atoms with Gasteiger partial charge in [0.1, 0.15) is 0 Å². The molecule has 1 aromatic rings. The van der Waals surface area contributed by atoms with Crippen molar-refractivity contribution in [1.82, 2.24) is 4.90 Å². The van der Waals surface area contributed by atoms with Crippen LogP contribution in [0.2, 0.25) is 0 Å². The molecule has 0 bridgehead atoms. The van der Waals surface area contributed by atoms with E-state index in [2.05, 4.69) is 6.92 Å². The highest BCUT2D eigenvalue weighted by Gasteiger charge is 2.38. The van der Waals surface area contributed by atoms with E-state index in [9.17, 15) is 14.7 Å². The van der Waals surface area contributed by atoms with E-state index in [1.165, 1.54) is 0 Å². The average Bonchev–Trinajstić information content (AvgIpc) is 3.06. The van der Waals surface area contributed by atoms with Crippen LogP contribution in [0.15, 0.2) is 18.2 Å². The van der Waals surface area contributed by atoms with Gasteiger partial charge in [-0.2, -0.15) is 0 Å². The molecule has 1 saturated heterocycles. The van der Waals surface area contributed by atoms with Crippen LogP contribution >= 0.6 is 0 Å². The molecule has 3 rings (SSSR count). The summed E-state index contributed by atoms with van der Waals surface area (Å²) in [6, 6.07) is 6.00. The molecule has 0 radical (unpaired) electrons. The van der Waals surface area contributed by atoms with Crippen LogP contribution in [0.25, 0.3) is 0 Å². The number of benzene rings is 1. The largest absolute Gasteiger partial charge is 0.396 e. The number of hydrogen-bond acceptors (Lipinski definition) is 3. The van der Waals surface area contributed by atoms with Gasteiger partial charge in [0.15, 0.2) is 0 Å². The van der Waals surface area contributed by atoms with Gasteiger partial charge in [0.2, 0.25) is 0 Å². The molecule has 0 saturated carbocycles. The minimum atomic E-state index is -0.420. The Morgan fingerprint density at radius 3 is 2.50 bits per heavy atom. The highest BCUT2D eigenvalue weighted by Crippen LogP contribution is 2.35. The first-order chi connectivity index (χ1) is 11.5. The third kappa shape index (κ3) is 2.81. The van der Waals surface area contributed by atoms with Gasteiger partial charge in [-0.3, -0.25) is 9.59 Å². The number of likely N-dealkylation sites (tertiary alicyclic amines) is 1. The molecule has 1 N–H and O–H groups in total. The Labute approximate surface area is 143 Å². The zero-order valence-corrected chi connectivity index (χ0v) is 14.5. The Morgan fingerprint density at radius 2 is 1.88 bits per heavy atom. The molecule has 0 unspecified atom stereocenters. The van der Waals surface area contributed by atoms with Crippen LogP contribution < -0.4 is 4.90 Å². The lowest BCUT2D eigenvalue weighted by Crippen LogP contribution is -2.50. The predicted molar refractivity (Wildman–Crippen MR) is 92.9 cm³/mol. The summed E-state index contributed by atoms with van der Waals surface area (Å²) in [6.45, 7) is 5.88. The summed E-state index contributed by atoms with van der Waals surface area (Å²) in [4.78, 5) is 28.7. The summed E-state index contributed by atoms with van der Waals surface area (Å²) in [5, 5.41) is 9.61. The summed E-state index contributed by atoms with van der Waals surface area (Å²) >= 11 is 0. The number of aliphatic hydroxyl groups is 1. The van der Waals surface area contributed by atoms with E-state index in [4.69, 9.17) is 0 Å². The fourth-order valence-electron chi connectivity index (χ4n) is 3.91.